The Morgan fingerprint density at radius 1 is 0.463 bits per heavy atom. The second kappa shape index (κ2) is 36.5. The van der Waals surface area contributed by atoms with Crippen molar-refractivity contribution in [3.63, 3.8) is 0 Å². The van der Waals surface area contributed by atoms with E-state index in [-0.39, 0.29) is 5.82 Å². The van der Waals surface area contributed by atoms with Crippen LogP contribution < -0.4 is 10.1 Å². The van der Waals surface area contributed by atoms with Crippen LogP contribution in [0, 0.1) is 112 Å². The standard InChI is InChI=1S/C12H19N.C11H15Cl.C10H15N.C8H8ClF.C8H9ClO.C8H3F7.C7H4Cl4/c1-4-13(5-2)10-12-8-6-7-11(3)9-12;1-6-7(2)9(4)11(12)10(5)8(6)3;1-3-11-8-10-7-5-4-6-9(10)2;1-5-3-7(9)6(2)8(10)4-5;1-6-5-7(10-2)3-4-8(6)9;1-2-4(9)6(11)3(8(13,14)15)7(12)5(2)10;1-3-2-4(8)6(10)7(11)5(3)9/h6-9H,4-5,10H2,1-3H3;1-5H3;4-7,11H,3,8H2,1-2H3;3-4H,1-2H3;3-5H,1-2H3;1H3;2H,1H3. The number of hydrogen-bond acceptors (Lipinski definition) is 3. The summed E-state index contributed by atoms with van der Waals surface area (Å²) in [4.78, 5) is 2.43. The maximum absolute atomic E-state index is 12.8. The monoisotopic (exact) mass is 1280 g/mol. The Balaban J connectivity index is 0.000000480. The highest BCUT2D eigenvalue weighted by Crippen LogP contribution is 2.38. The van der Waals surface area contributed by atoms with E-state index in [0.717, 1.165) is 65.2 Å². The van der Waals surface area contributed by atoms with Crippen LogP contribution in [0.3, 0.4) is 0 Å². The van der Waals surface area contributed by atoms with E-state index in [1.54, 1.807) is 26.2 Å². The second-order valence-corrected chi connectivity index (χ2v) is 21.7. The highest BCUT2D eigenvalue weighted by molar-refractivity contribution is 6.52. The van der Waals surface area contributed by atoms with Crippen LogP contribution in [0.5, 0.6) is 5.75 Å². The first kappa shape index (κ1) is 75.7. The number of methoxy groups -OCH3 is 1. The van der Waals surface area contributed by atoms with Crippen molar-refractivity contribution in [2.75, 3.05) is 26.7 Å². The Labute approximate surface area is 516 Å². The van der Waals surface area contributed by atoms with Gasteiger partial charge in [-0.15, -0.1) is 0 Å². The first-order valence-corrected chi connectivity index (χ1v) is 28.4. The van der Waals surface area contributed by atoms with Gasteiger partial charge in [-0.3, -0.25) is 4.90 Å². The van der Waals surface area contributed by atoms with Crippen LogP contribution in [-0.4, -0.2) is 31.6 Å². The van der Waals surface area contributed by atoms with E-state index in [9.17, 15) is 35.1 Å². The first-order valence-electron chi connectivity index (χ1n) is 25.8. The number of alkyl halides is 3. The Morgan fingerprint density at radius 3 is 1.46 bits per heavy atom. The van der Waals surface area contributed by atoms with Crippen molar-refractivity contribution in [3.8, 4) is 5.75 Å². The molecule has 0 unspecified atom stereocenters. The minimum Gasteiger partial charge on any atom is -0.497 e. The highest BCUT2D eigenvalue weighted by atomic mass is 35.5. The molecule has 0 atom stereocenters. The first-order chi connectivity index (χ1) is 38.1. The van der Waals surface area contributed by atoms with E-state index in [1.807, 2.05) is 39.0 Å². The summed E-state index contributed by atoms with van der Waals surface area (Å²) in [6.45, 7) is 34.6. The highest BCUT2D eigenvalue weighted by Gasteiger charge is 2.41. The number of nitrogens with one attached hydrogen (secondary N) is 1. The molecule has 0 aliphatic carbocycles. The Bertz CT molecular complexity index is 3000. The molecule has 18 heteroatoms. The molecule has 7 aromatic rings. The molecule has 0 saturated heterocycles. The van der Waals surface area contributed by atoms with Gasteiger partial charge in [0.15, 0.2) is 23.3 Å². The van der Waals surface area contributed by atoms with Gasteiger partial charge in [0.2, 0.25) is 0 Å². The number of halogens is 15. The summed E-state index contributed by atoms with van der Waals surface area (Å²) in [6, 6.07) is 27.7. The van der Waals surface area contributed by atoms with Crippen LogP contribution in [0.15, 0.2) is 84.9 Å². The fourth-order valence-corrected chi connectivity index (χ4v) is 8.80. The van der Waals surface area contributed by atoms with E-state index < -0.39 is 40.6 Å². The minimum atomic E-state index is -5.48. The van der Waals surface area contributed by atoms with Gasteiger partial charge in [0, 0.05) is 39.3 Å². The van der Waals surface area contributed by atoms with Crippen molar-refractivity contribution in [3.05, 3.63) is 233 Å². The van der Waals surface area contributed by atoms with Crippen LogP contribution in [0.25, 0.3) is 0 Å². The third kappa shape index (κ3) is 23.6. The average Bonchev–Trinajstić information content (AvgIpc) is 3.50. The molecule has 7 aromatic carbocycles. The Kier molecular flexibility index (Phi) is 33.8. The molecule has 0 aliphatic heterocycles. The van der Waals surface area contributed by atoms with Crippen molar-refractivity contribution in [2.45, 2.75) is 123 Å². The molecule has 0 heterocycles. The quantitative estimate of drug-likeness (QED) is 0.0932. The SMILES string of the molecule is CCN(CC)Cc1cccc(C)c1.CCNCc1ccccc1C.COc1ccc(Cl)c(C)c1.Cc1c(C)c(C)c(Cl)c(C)c1C.Cc1c(F)c(F)c(C(F)(F)F)c(F)c1F.Cc1cc(Cl)c(Cl)c(Cl)c1Cl.Cc1cc(F)c(C)c(Cl)c1. The van der Waals surface area contributed by atoms with E-state index in [1.165, 1.54) is 56.1 Å². The topological polar surface area (TPSA) is 24.5 Å². The molecule has 0 aromatic heterocycles. The van der Waals surface area contributed by atoms with Gasteiger partial charge in [0.25, 0.3) is 0 Å². The van der Waals surface area contributed by atoms with Gasteiger partial charge in [0.1, 0.15) is 17.1 Å². The molecule has 3 nitrogen and oxygen atoms in total. The summed E-state index contributed by atoms with van der Waals surface area (Å²) in [5.74, 6) is -8.33. The molecule has 0 radical (unpaired) electrons. The predicted molar refractivity (Wildman–Crippen MR) is 332 cm³/mol. The molecular formula is C64H73Cl7F8N2O. The summed E-state index contributed by atoms with van der Waals surface area (Å²) in [5.41, 5.74) is 11.6. The molecule has 82 heavy (non-hydrogen) atoms. The van der Waals surface area contributed by atoms with Crippen molar-refractivity contribution in [1.82, 2.24) is 10.2 Å². The normalized spacial score (nSPS) is 10.5. The van der Waals surface area contributed by atoms with Crippen molar-refractivity contribution in [1.29, 1.82) is 0 Å². The average molecular weight is 1290 g/mol. The molecule has 0 spiro atoms. The van der Waals surface area contributed by atoms with Crippen LogP contribution >= 0.6 is 81.2 Å². The number of benzene rings is 7. The molecule has 0 fully saturated rings. The summed E-state index contributed by atoms with van der Waals surface area (Å²) in [6.07, 6.45) is -5.48. The third-order valence-corrected chi connectivity index (χ3v) is 16.2. The Hall–Kier alpha value is -4.27. The lowest BCUT2D eigenvalue weighted by Crippen LogP contribution is -2.22. The fraction of sp³-hybridized carbons (Fsp3) is 0.344. The molecule has 0 saturated carbocycles. The zero-order chi connectivity index (χ0) is 63.1. The number of rotatable bonds is 8. The maximum Gasteiger partial charge on any atom is 0.422 e. The molecule has 0 aliphatic rings. The van der Waals surface area contributed by atoms with Crippen molar-refractivity contribution < 1.29 is 39.9 Å². The lowest BCUT2D eigenvalue weighted by atomic mass is 9.95. The zero-order valence-corrected chi connectivity index (χ0v) is 54.4. The minimum absolute atomic E-state index is 0.231. The van der Waals surface area contributed by atoms with Crippen molar-refractivity contribution >= 4 is 81.2 Å². The lowest BCUT2D eigenvalue weighted by molar-refractivity contribution is -0.143. The number of ether oxygens (including phenoxy) is 1. The summed E-state index contributed by atoms with van der Waals surface area (Å²) in [7, 11) is 1.64. The zero-order valence-electron chi connectivity index (χ0n) is 49.1. The summed E-state index contributed by atoms with van der Waals surface area (Å²) >= 11 is 40.6. The number of hydrogen-bond donors (Lipinski definition) is 1. The molecule has 0 amide bonds. The lowest BCUT2D eigenvalue weighted by Gasteiger charge is -2.17. The summed E-state index contributed by atoms with van der Waals surface area (Å²) in [5, 5.41) is 7.02. The Morgan fingerprint density at radius 2 is 1.00 bits per heavy atom. The summed E-state index contributed by atoms with van der Waals surface area (Å²) < 4.78 is 104. The molecular weight excluding hydrogens is 1210 g/mol. The second-order valence-electron chi connectivity index (χ2n) is 18.9. The smallest absolute Gasteiger partial charge is 0.422 e. The fourth-order valence-electron chi connectivity index (χ4n) is 7.24. The maximum atomic E-state index is 12.8. The van der Waals surface area contributed by atoms with E-state index in [0.29, 0.717) is 37.6 Å². The molecule has 0 bridgehead atoms. The van der Waals surface area contributed by atoms with Crippen LogP contribution in [0.4, 0.5) is 35.1 Å². The molecule has 1 N–H and O–H groups in total. The van der Waals surface area contributed by atoms with Gasteiger partial charge in [-0.1, -0.05) is 156 Å². The van der Waals surface area contributed by atoms with Gasteiger partial charge in [-0.05, 0) is 200 Å². The van der Waals surface area contributed by atoms with E-state index >= 15 is 0 Å². The van der Waals surface area contributed by atoms with Crippen LogP contribution in [0.1, 0.15) is 104 Å². The van der Waals surface area contributed by atoms with Crippen molar-refractivity contribution in [2.24, 2.45) is 0 Å². The van der Waals surface area contributed by atoms with Gasteiger partial charge in [0.05, 0.1) is 27.2 Å². The number of nitrogens with zero attached hydrogens (tertiary/aromatic N) is 1. The van der Waals surface area contributed by atoms with E-state index in [4.69, 9.17) is 85.9 Å². The van der Waals surface area contributed by atoms with Gasteiger partial charge in [-0.25, -0.2) is 22.0 Å². The predicted octanol–water partition coefficient (Wildman–Crippen LogP) is 22.8. The van der Waals surface area contributed by atoms with E-state index in [2.05, 4.69) is 128 Å². The van der Waals surface area contributed by atoms with Crippen LogP contribution in [0.2, 0.25) is 35.2 Å². The third-order valence-electron chi connectivity index (χ3n) is 13.0. The van der Waals surface area contributed by atoms with Gasteiger partial charge in [-0.2, -0.15) is 13.2 Å². The molecule has 7 rings (SSSR count). The largest absolute Gasteiger partial charge is 0.497 e. The van der Waals surface area contributed by atoms with Gasteiger partial charge < -0.3 is 10.1 Å². The van der Waals surface area contributed by atoms with Gasteiger partial charge >= 0.3 is 6.18 Å². The number of aryl methyl sites for hydroxylation is 5. The van der Waals surface area contributed by atoms with Crippen LogP contribution in [-0.2, 0) is 19.3 Å². The molecule has 450 valence electrons.